The molecule has 1 unspecified atom stereocenters. The highest BCUT2D eigenvalue weighted by molar-refractivity contribution is 5.51. The minimum atomic E-state index is -0.394. The van der Waals surface area contributed by atoms with Crippen LogP contribution in [0.5, 0.6) is 17.2 Å². The second-order valence-corrected chi connectivity index (χ2v) is 4.57. The average Bonchev–Trinajstić information content (AvgIpc) is 2.87. The molecule has 1 aliphatic heterocycles. The zero-order valence-corrected chi connectivity index (χ0v) is 11.5. The molecule has 0 bridgehead atoms. The molecule has 0 saturated carbocycles. The molecule has 0 saturated heterocycles. The monoisotopic (exact) mass is 275 g/mol. The molecule has 3 rings (SSSR count). The van der Waals surface area contributed by atoms with Gasteiger partial charge < -0.3 is 19.9 Å². The summed E-state index contributed by atoms with van der Waals surface area (Å²) in [5.74, 6) is 2.09. The number of hydrogen-bond acceptors (Lipinski definition) is 5. The third-order valence-corrected chi connectivity index (χ3v) is 3.40. The van der Waals surface area contributed by atoms with E-state index in [4.69, 9.17) is 19.9 Å². The molecule has 2 aromatic rings. The van der Waals surface area contributed by atoms with Gasteiger partial charge in [0.05, 0.1) is 19.3 Å². The smallest absolute Gasteiger partial charge is 0.166 e. The quantitative estimate of drug-likeness (QED) is 0.912. The van der Waals surface area contributed by atoms with Crippen LogP contribution in [0.4, 0.5) is 0 Å². The van der Waals surface area contributed by atoms with Gasteiger partial charge in [0.15, 0.2) is 17.2 Å². The summed E-state index contributed by atoms with van der Waals surface area (Å²) in [6.45, 7) is 1.08. The number of para-hydroxylation sites is 1. The number of nitrogens with two attached hydrogens (primary N) is 1. The minimum Gasteiger partial charge on any atom is -0.493 e. The van der Waals surface area contributed by atoms with E-state index in [1.165, 1.54) is 0 Å². The van der Waals surface area contributed by atoms with Crippen molar-refractivity contribution in [2.45, 2.75) is 6.04 Å². The highest BCUT2D eigenvalue weighted by atomic mass is 16.6. The van der Waals surface area contributed by atoms with Crippen LogP contribution in [0.15, 0.2) is 24.4 Å². The number of benzene rings is 1. The van der Waals surface area contributed by atoms with Gasteiger partial charge in [-0.25, -0.2) is 0 Å². The van der Waals surface area contributed by atoms with Gasteiger partial charge >= 0.3 is 0 Å². The minimum absolute atomic E-state index is 0.394. The molecule has 0 radical (unpaired) electrons. The van der Waals surface area contributed by atoms with Crippen molar-refractivity contribution in [3.8, 4) is 17.2 Å². The van der Waals surface area contributed by atoms with Gasteiger partial charge in [-0.1, -0.05) is 12.1 Å². The maximum atomic E-state index is 6.39. The number of fused-ring (bicyclic) bond motifs is 1. The Balaban J connectivity index is 2.06. The topological polar surface area (TPSA) is 71.5 Å². The molecule has 0 fully saturated rings. The van der Waals surface area contributed by atoms with Gasteiger partial charge in [-0.2, -0.15) is 5.10 Å². The van der Waals surface area contributed by atoms with Gasteiger partial charge in [-0.05, 0) is 6.07 Å². The first kappa shape index (κ1) is 12.8. The van der Waals surface area contributed by atoms with Crippen molar-refractivity contribution in [1.82, 2.24) is 9.78 Å². The van der Waals surface area contributed by atoms with E-state index < -0.39 is 6.04 Å². The first-order valence-corrected chi connectivity index (χ1v) is 6.42. The molecule has 20 heavy (non-hydrogen) atoms. The molecular weight excluding hydrogens is 258 g/mol. The summed E-state index contributed by atoms with van der Waals surface area (Å²) in [4.78, 5) is 0. The van der Waals surface area contributed by atoms with Crippen molar-refractivity contribution in [1.29, 1.82) is 0 Å². The molecule has 106 valence electrons. The Morgan fingerprint density at radius 2 is 2.15 bits per heavy atom. The fourth-order valence-electron chi connectivity index (χ4n) is 2.43. The third kappa shape index (κ3) is 1.98. The maximum Gasteiger partial charge on any atom is 0.166 e. The summed E-state index contributed by atoms with van der Waals surface area (Å²) in [5, 5.41) is 4.19. The van der Waals surface area contributed by atoms with Crippen LogP contribution in [0.1, 0.15) is 17.3 Å². The van der Waals surface area contributed by atoms with Crippen molar-refractivity contribution < 1.29 is 14.2 Å². The van der Waals surface area contributed by atoms with E-state index in [0.717, 1.165) is 17.0 Å². The summed E-state index contributed by atoms with van der Waals surface area (Å²) in [6, 6.07) is 5.33. The van der Waals surface area contributed by atoms with Crippen molar-refractivity contribution >= 4 is 0 Å². The number of aryl methyl sites for hydroxylation is 1. The number of rotatable bonds is 3. The first-order chi connectivity index (χ1) is 9.72. The summed E-state index contributed by atoms with van der Waals surface area (Å²) >= 11 is 0. The van der Waals surface area contributed by atoms with Crippen LogP contribution in [-0.2, 0) is 7.05 Å². The second-order valence-electron chi connectivity index (χ2n) is 4.57. The van der Waals surface area contributed by atoms with E-state index >= 15 is 0 Å². The Morgan fingerprint density at radius 3 is 2.95 bits per heavy atom. The van der Waals surface area contributed by atoms with Crippen LogP contribution in [0.25, 0.3) is 0 Å². The lowest BCUT2D eigenvalue weighted by Crippen LogP contribution is -2.21. The summed E-state index contributed by atoms with van der Waals surface area (Å²) < 4.78 is 18.3. The molecule has 6 nitrogen and oxygen atoms in total. The van der Waals surface area contributed by atoms with Crippen LogP contribution >= 0.6 is 0 Å². The van der Waals surface area contributed by atoms with E-state index in [2.05, 4.69) is 5.10 Å². The van der Waals surface area contributed by atoms with Gasteiger partial charge in [-0.3, -0.25) is 4.68 Å². The highest BCUT2D eigenvalue weighted by Gasteiger charge is 2.25. The predicted molar refractivity (Wildman–Crippen MR) is 73.2 cm³/mol. The Kier molecular flexibility index (Phi) is 3.23. The standard InChI is InChI=1S/C14H17N3O3/c1-17-13(11(18-2)8-16-17)12(15)9-4-3-5-10-14(9)20-7-6-19-10/h3-5,8,12H,6-7,15H2,1-2H3. The van der Waals surface area contributed by atoms with E-state index in [1.807, 2.05) is 25.2 Å². The predicted octanol–water partition coefficient (Wildman–Crippen LogP) is 1.25. The molecule has 0 aliphatic carbocycles. The summed E-state index contributed by atoms with van der Waals surface area (Å²) in [7, 11) is 3.44. The number of ether oxygens (including phenoxy) is 3. The van der Waals surface area contributed by atoms with E-state index in [9.17, 15) is 0 Å². The summed E-state index contributed by atoms with van der Waals surface area (Å²) in [5.41, 5.74) is 8.05. The Morgan fingerprint density at radius 1 is 1.35 bits per heavy atom. The summed E-state index contributed by atoms with van der Waals surface area (Å²) in [6.07, 6.45) is 1.65. The molecule has 0 spiro atoms. The third-order valence-electron chi connectivity index (χ3n) is 3.40. The van der Waals surface area contributed by atoms with Gasteiger partial charge in [0.1, 0.15) is 18.9 Å². The molecule has 2 N–H and O–H groups in total. The Bertz CT molecular complexity index is 624. The zero-order chi connectivity index (χ0) is 14.1. The SMILES string of the molecule is COc1cnn(C)c1C(N)c1cccc2c1OCCO2. The fourth-order valence-corrected chi connectivity index (χ4v) is 2.43. The second kappa shape index (κ2) is 5.05. The highest BCUT2D eigenvalue weighted by Crippen LogP contribution is 2.39. The Labute approximate surface area is 117 Å². The number of aromatic nitrogens is 2. The van der Waals surface area contributed by atoms with E-state index in [0.29, 0.717) is 24.7 Å². The lowest BCUT2D eigenvalue weighted by atomic mass is 10.0. The van der Waals surface area contributed by atoms with Crippen LogP contribution in [0.2, 0.25) is 0 Å². The van der Waals surface area contributed by atoms with Crippen LogP contribution in [-0.4, -0.2) is 30.1 Å². The van der Waals surface area contributed by atoms with Crippen molar-refractivity contribution in [2.24, 2.45) is 12.8 Å². The van der Waals surface area contributed by atoms with Gasteiger partial charge in [-0.15, -0.1) is 0 Å². The molecule has 0 amide bonds. The molecule has 2 heterocycles. The van der Waals surface area contributed by atoms with Crippen LogP contribution in [0.3, 0.4) is 0 Å². The van der Waals surface area contributed by atoms with Gasteiger partial charge in [0.25, 0.3) is 0 Å². The average molecular weight is 275 g/mol. The fraction of sp³-hybridized carbons (Fsp3) is 0.357. The van der Waals surface area contributed by atoms with Gasteiger partial charge in [0.2, 0.25) is 0 Å². The first-order valence-electron chi connectivity index (χ1n) is 6.42. The number of hydrogen-bond donors (Lipinski definition) is 1. The largest absolute Gasteiger partial charge is 0.493 e. The number of nitrogens with zero attached hydrogens (tertiary/aromatic N) is 2. The van der Waals surface area contributed by atoms with Gasteiger partial charge in [0, 0.05) is 12.6 Å². The number of methoxy groups -OCH3 is 1. The zero-order valence-electron chi connectivity index (χ0n) is 11.5. The Hall–Kier alpha value is -2.21. The molecule has 1 aromatic carbocycles. The molecule has 1 aliphatic rings. The normalized spacial score (nSPS) is 14.9. The van der Waals surface area contributed by atoms with Crippen molar-refractivity contribution in [2.75, 3.05) is 20.3 Å². The maximum absolute atomic E-state index is 6.39. The molecule has 1 atom stereocenters. The lowest BCUT2D eigenvalue weighted by molar-refractivity contribution is 0.169. The van der Waals surface area contributed by atoms with E-state index in [1.54, 1.807) is 18.0 Å². The van der Waals surface area contributed by atoms with Crippen molar-refractivity contribution in [3.63, 3.8) is 0 Å². The molecular formula is C14H17N3O3. The molecule has 1 aromatic heterocycles. The van der Waals surface area contributed by atoms with Crippen LogP contribution in [0, 0.1) is 0 Å². The van der Waals surface area contributed by atoms with Crippen molar-refractivity contribution in [3.05, 3.63) is 35.7 Å². The van der Waals surface area contributed by atoms with Crippen LogP contribution < -0.4 is 19.9 Å². The lowest BCUT2D eigenvalue weighted by Gasteiger charge is -2.23. The van der Waals surface area contributed by atoms with E-state index in [-0.39, 0.29) is 0 Å². The molecule has 6 heteroatoms.